The van der Waals surface area contributed by atoms with Gasteiger partial charge in [-0.15, -0.1) is 0 Å². The molecule has 1 aromatic heterocycles. The van der Waals surface area contributed by atoms with Gasteiger partial charge < -0.3 is 15.0 Å². The SMILES string of the molecule is O=C1/C(=C/Nc2cccc(Oc3ccccc3)c2)CCc2c1[nH]c1ccccc21. The first kappa shape index (κ1) is 17.3. The fourth-order valence-electron chi connectivity index (χ4n) is 3.77. The second-order valence-corrected chi connectivity index (χ2v) is 7.11. The molecule has 4 aromatic rings. The summed E-state index contributed by atoms with van der Waals surface area (Å²) in [6, 6.07) is 25.5. The maximum absolute atomic E-state index is 13.0. The van der Waals surface area contributed by atoms with E-state index in [0.717, 1.165) is 52.1 Å². The van der Waals surface area contributed by atoms with E-state index in [1.807, 2.05) is 79.0 Å². The van der Waals surface area contributed by atoms with Gasteiger partial charge in [0.15, 0.2) is 0 Å². The molecule has 1 aliphatic carbocycles. The van der Waals surface area contributed by atoms with Gasteiger partial charge in [0.25, 0.3) is 0 Å². The monoisotopic (exact) mass is 380 g/mol. The van der Waals surface area contributed by atoms with Crippen LogP contribution in [0, 0.1) is 0 Å². The number of Topliss-reactive ketones (excluding diaryl/α,β-unsaturated/α-hetero) is 1. The first-order valence-corrected chi connectivity index (χ1v) is 9.71. The van der Waals surface area contributed by atoms with Gasteiger partial charge in [-0.25, -0.2) is 0 Å². The Balaban J connectivity index is 1.35. The van der Waals surface area contributed by atoms with Gasteiger partial charge in [-0.2, -0.15) is 0 Å². The quantitative estimate of drug-likeness (QED) is 0.422. The third-order valence-electron chi connectivity index (χ3n) is 5.20. The Hall–Kier alpha value is -3.79. The zero-order valence-corrected chi connectivity index (χ0v) is 15.8. The molecule has 142 valence electrons. The number of ketones is 1. The number of hydrogen-bond acceptors (Lipinski definition) is 3. The van der Waals surface area contributed by atoms with Gasteiger partial charge >= 0.3 is 0 Å². The van der Waals surface area contributed by atoms with Crippen molar-refractivity contribution < 1.29 is 9.53 Å². The number of rotatable bonds is 4. The summed E-state index contributed by atoms with van der Waals surface area (Å²) in [6.07, 6.45) is 3.40. The summed E-state index contributed by atoms with van der Waals surface area (Å²) >= 11 is 0. The van der Waals surface area contributed by atoms with E-state index in [-0.39, 0.29) is 5.78 Å². The molecular formula is C25H20N2O2. The van der Waals surface area contributed by atoms with E-state index >= 15 is 0 Å². The number of ether oxygens (including phenoxy) is 1. The van der Waals surface area contributed by atoms with Crippen molar-refractivity contribution in [2.24, 2.45) is 0 Å². The minimum Gasteiger partial charge on any atom is -0.457 e. The van der Waals surface area contributed by atoms with Crippen molar-refractivity contribution in [3.63, 3.8) is 0 Å². The number of carbonyl (C=O) groups is 1. The maximum Gasteiger partial charge on any atom is 0.206 e. The van der Waals surface area contributed by atoms with E-state index in [9.17, 15) is 4.79 Å². The highest BCUT2D eigenvalue weighted by Gasteiger charge is 2.25. The van der Waals surface area contributed by atoms with Gasteiger partial charge in [-0.3, -0.25) is 4.79 Å². The molecule has 3 aromatic carbocycles. The van der Waals surface area contributed by atoms with E-state index < -0.39 is 0 Å². The average Bonchev–Trinajstić information content (AvgIpc) is 3.14. The van der Waals surface area contributed by atoms with Crippen molar-refractivity contribution >= 4 is 22.4 Å². The minimum absolute atomic E-state index is 0.0617. The summed E-state index contributed by atoms with van der Waals surface area (Å²) in [5.74, 6) is 1.59. The third-order valence-corrected chi connectivity index (χ3v) is 5.20. The summed E-state index contributed by atoms with van der Waals surface area (Å²) in [7, 11) is 0. The molecule has 4 nitrogen and oxygen atoms in total. The number of nitrogens with one attached hydrogen (secondary N) is 2. The molecule has 29 heavy (non-hydrogen) atoms. The zero-order valence-electron chi connectivity index (χ0n) is 15.8. The highest BCUT2D eigenvalue weighted by Crippen LogP contribution is 2.31. The molecule has 1 aliphatic rings. The number of aromatic amines is 1. The maximum atomic E-state index is 13.0. The van der Waals surface area contributed by atoms with Crippen molar-refractivity contribution in [1.82, 2.24) is 4.98 Å². The second kappa shape index (κ2) is 7.32. The Kier molecular flexibility index (Phi) is 4.37. The third kappa shape index (κ3) is 3.41. The number of para-hydroxylation sites is 2. The van der Waals surface area contributed by atoms with Crippen LogP contribution in [0.1, 0.15) is 22.5 Å². The van der Waals surface area contributed by atoms with Crippen LogP contribution in [0.15, 0.2) is 90.6 Å². The van der Waals surface area contributed by atoms with E-state index in [2.05, 4.69) is 16.4 Å². The molecule has 0 spiro atoms. The molecule has 0 saturated heterocycles. The lowest BCUT2D eigenvalue weighted by molar-refractivity contribution is 0.102. The van der Waals surface area contributed by atoms with Crippen LogP contribution in [0.4, 0.5) is 5.69 Å². The average molecular weight is 380 g/mol. The number of H-pyrrole nitrogens is 1. The van der Waals surface area contributed by atoms with Crippen molar-refractivity contribution in [3.8, 4) is 11.5 Å². The topological polar surface area (TPSA) is 54.1 Å². The largest absolute Gasteiger partial charge is 0.457 e. The van der Waals surface area contributed by atoms with Crippen molar-refractivity contribution in [2.45, 2.75) is 12.8 Å². The van der Waals surface area contributed by atoms with Crippen LogP contribution in [0.2, 0.25) is 0 Å². The molecular weight excluding hydrogens is 360 g/mol. The molecule has 0 saturated carbocycles. The van der Waals surface area contributed by atoms with Crippen LogP contribution in [0.3, 0.4) is 0 Å². The first-order chi connectivity index (χ1) is 14.3. The molecule has 0 unspecified atom stereocenters. The smallest absolute Gasteiger partial charge is 0.206 e. The van der Waals surface area contributed by atoms with Gasteiger partial charge in [0.1, 0.15) is 11.5 Å². The minimum atomic E-state index is 0.0617. The molecule has 0 aliphatic heterocycles. The lowest BCUT2D eigenvalue weighted by Gasteiger charge is -2.15. The molecule has 1 heterocycles. The van der Waals surface area contributed by atoms with Crippen LogP contribution in [0.25, 0.3) is 10.9 Å². The number of aryl methyl sites for hydroxylation is 1. The lowest BCUT2D eigenvalue weighted by atomic mass is 9.91. The van der Waals surface area contributed by atoms with Crippen LogP contribution < -0.4 is 10.1 Å². The Labute approximate surface area is 168 Å². The number of anilines is 1. The normalized spacial score (nSPS) is 14.8. The Morgan fingerprint density at radius 1 is 0.862 bits per heavy atom. The number of allylic oxidation sites excluding steroid dienone is 1. The Morgan fingerprint density at radius 2 is 1.66 bits per heavy atom. The second-order valence-electron chi connectivity index (χ2n) is 7.11. The van der Waals surface area contributed by atoms with E-state index in [1.54, 1.807) is 0 Å². The van der Waals surface area contributed by atoms with Crippen molar-refractivity contribution in [3.05, 3.63) is 102 Å². The van der Waals surface area contributed by atoms with Crippen LogP contribution in [-0.4, -0.2) is 10.8 Å². The van der Waals surface area contributed by atoms with E-state index in [1.165, 1.54) is 0 Å². The molecule has 0 radical (unpaired) electrons. The highest BCUT2D eigenvalue weighted by atomic mass is 16.5. The molecule has 0 atom stereocenters. The molecule has 5 rings (SSSR count). The number of fused-ring (bicyclic) bond motifs is 3. The van der Waals surface area contributed by atoms with Crippen molar-refractivity contribution in [1.29, 1.82) is 0 Å². The number of carbonyl (C=O) groups excluding carboxylic acids is 1. The van der Waals surface area contributed by atoms with E-state index in [0.29, 0.717) is 5.69 Å². The Morgan fingerprint density at radius 3 is 2.55 bits per heavy atom. The van der Waals surface area contributed by atoms with E-state index in [4.69, 9.17) is 4.74 Å². The highest BCUT2D eigenvalue weighted by molar-refractivity contribution is 6.13. The van der Waals surface area contributed by atoms with Gasteiger partial charge in [0.05, 0.1) is 5.69 Å². The summed E-state index contributed by atoms with van der Waals surface area (Å²) in [4.78, 5) is 16.2. The van der Waals surface area contributed by atoms with Gasteiger partial charge in [-0.1, -0.05) is 42.5 Å². The van der Waals surface area contributed by atoms with Gasteiger partial charge in [0.2, 0.25) is 5.78 Å². The molecule has 0 fully saturated rings. The predicted molar refractivity (Wildman–Crippen MR) is 116 cm³/mol. The fraction of sp³-hybridized carbons (Fsp3) is 0.0800. The molecule has 4 heteroatoms. The summed E-state index contributed by atoms with van der Waals surface area (Å²) in [5, 5.41) is 4.41. The van der Waals surface area contributed by atoms with Crippen LogP contribution >= 0.6 is 0 Å². The van der Waals surface area contributed by atoms with Gasteiger partial charge in [0, 0.05) is 34.4 Å². The molecule has 0 amide bonds. The lowest BCUT2D eigenvalue weighted by Crippen LogP contribution is -2.14. The molecule has 2 N–H and O–H groups in total. The van der Waals surface area contributed by atoms with Crippen LogP contribution in [-0.2, 0) is 6.42 Å². The van der Waals surface area contributed by atoms with Gasteiger partial charge in [-0.05, 0) is 48.7 Å². The van der Waals surface area contributed by atoms with Crippen molar-refractivity contribution in [2.75, 3.05) is 5.32 Å². The number of hydrogen-bond donors (Lipinski definition) is 2. The first-order valence-electron chi connectivity index (χ1n) is 9.71. The number of benzene rings is 3. The standard InChI is InChI=1S/C25H20N2O2/c28-25-17(13-14-22-21-11-4-5-12-23(21)27-24(22)25)16-26-18-7-6-10-20(15-18)29-19-8-2-1-3-9-19/h1-12,15-16,26-27H,13-14H2/b17-16+. The predicted octanol–water partition coefficient (Wildman–Crippen LogP) is 6.09. The summed E-state index contributed by atoms with van der Waals surface area (Å²) < 4.78 is 5.88. The fourth-order valence-corrected chi connectivity index (χ4v) is 3.77. The van der Waals surface area contributed by atoms with Crippen LogP contribution in [0.5, 0.6) is 11.5 Å². The summed E-state index contributed by atoms with van der Waals surface area (Å²) in [5.41, 5.74) is 4.51. The molecule has 0 bridgehead atoms. The summed E-state index contributed by atoms with van der Waals surface area (Å²) in [6.45, 7) is 0. The zero-order chi connectivity index (χ0) is 19.6. The Bertz CT molecular complexity index is 1220. The number of aromatic nitrogens is 1.